The van der Waals surface area contributed by atoms with E-state index in [4.69, 9.17) is 0 Å². The van der Waals surface area contributed by atoms with Gasteiger partial charge in [0.15, 0.2) is 0 Å². The van der Waals surface area contributed by atoms with Crippen LogP contribution >= 0.6 is 0 Å². The number of amides is 1. The van der Waals surface area contributed by atoms with Gasteiger partial charge in [0, 0.05) is 80.5 Å². The molecule has 3 N–H and O–H groups in total. The van der Waals surface area contributed by atoms with Gasteiger partial charge >= 0.3 is 5.97 Å². The first-order chi connectivity index (χ1) is 27.9. The number of carbonyl (C=O) groups excluding carboxylic acids is 1. The molecule has 0 fully saturated rings. The number of halogens is 5. The van der Waals surface area contributed by atoms with E-state index in [1.807, 2.05) is 48.5 Å². The van der Waals surface area contributed by atoms with Crippen molar-refractivity contribution in [3.05, 3.63) is 99.2 Å². The number of nitrogens with zero attached hydrogens (tertiary/aromatic N) is 3. The highest BCUT2D eigenvalue weighted by Gasteiger charge is 2.35. The fourth-order valence-corrected chi connectivity index (χ4v) is 6.18. The van der Waals surface area contributed by atoms with Gasteiger partial charge in [-0.25, -0.2) is 26.7 Å². The lowest BCUT2D eigenvalue weighted by atomic mass is 9.90. The van der Waals surface area contributed by atoms with Gasteiger partial charge in [-0.05, 0) is 67.8 Å². The van der Waals surface area contributed by atoms with E-state index in [2.05, 4.69) is 15.6 Å². The van der Waals surface area contributed by atoms with E-state index in [0.717, 1.165) is 20.3 Å². The molecule has 9 nitrogen and oxygen atoms in total. The fourth-order valence-electron chi connectivity index (χ4n) is 6.18. The summed E-state index contributed by atoms with van der Waals surface area (Å²) >= 11 is 0. The summed E-state index contributed by atoms with van der Waals surface area (Å²) in [5.41, 5.74) is 1.04. The monoisotopic (exact) mass is 829 g/mol. The first kappa shape index (κ1) is 51.5. The maximum atomic E-state index is 15.6. The second-order valence-corrected chi connectivity index (χ2v) is 12.9. The maximum absolute atomic E-state index is 15.6. The third kappa shape index (κ3) is 13.0. The quantitative estimate of drug-likeness (QED) is 0.114. The molecule has 0 bridgehead atoms. The number of benzene rings is 3. The Labute approximate surface area is 344 Å². The number of aliphatic carboxylic acids is 1. The molecule has 0 unspecified atom stereocenters. The fraction of sp³-hybridized carbons (Fsp3) is 0.422. The molecule has 5 aromatic rings. The van der Waals surface area contributed by atoms with Crippen molar-refractivity contribution in [3.8, 4) is 11.1 Å². The first-order valence-corrected chi connectivity index (χ1v) is 19.8. The van der Waals surface area contributed by atoms with Crippen molar-refractivity contribution < 1.29 is 36.6 Å². The summed E-state index contributed by atoms with van der Waals surface area (Å²) in [7, 11) is 5.09. The van der Waals surface area contributed by atoms with E-state index >= 15 is 13.2 Å². The standard InChI is InChI=1S/C37H38F3N5O4.C2H4F2.3C2H6/c1-7-14-41-22-16-20(2)30(27(38)18-22)34(46)43-28(36(48)49)17-21-10-12-25(33-24(21)9-8-15-42-33)31-32(37(3,39)40)26-19-23(44(4)5)11-13-29(26)45(6)35(31)47;1-2(3)4;3*1-2/h8-13,15-16,18-19,28,41H,7,14,17H2,1-6H3,(H,43,46)(H,48,49);2H,1H3;3*1-2H3/t28-;;;;/m0..../s1. The van der Waals surface area contributed by atoms with Crippen LogP contribution in [0.1, 0.15) is 95.8 Å². The molecule has 0 spiro atoms. The zero-order valence-corrected chi connectivity index (χ0v) is 36.5. The number of nitrogens with one attached hydrogen (secondary N) is 2. The molecule has 59 heavy (non-hydrogen) atoms. The molecule has 2 heterocycles. The number of aromatic nitrogens is 2. The molecule has 2 aromatic heterocycles. The predicted octanol–water partition coefficient (Wildman–Crippen LogP) is 11.0. The SMILES string of the molecule is CC.CC.CC.CC(F)F.CCCNc1cc(C)c(C(=O)N[C@@H](Cc2ccc(-c3c(C(C)(F)F)c4cc(N(C)C)ccc4n(C)c3=O)c3ncccc23)C(=O)O)c(F)c1. The minimum Gasteiger partial charge on any atom is -0.480 e. The van der Waals surface area contributed by atoms with Crippen molar-refractivity contribution >= 4 is 45.1 Å². The van der Waals surface area contributed by atoms with Gasteiger partial charge in [0.2, 0.25) is 6.43 Å². The number of aryl methyl sites for hydroxylation is 2. The predicted molar refractivity (Wildman–Crippen MR) is 232 cm³/mol. The van der Waals surface area contributed by atoms with Crippen LogP contribution in [0.15, 0.2) is 65.6 Å². The minimum atomic E-state index is -3.43. The van der Waals surface area contributed by atoms with Gasteiger partial charge in [-0.2, -0.15) is 0 Å². The van der Waals surface area contributed by atoms with Crippen molar-refractivity contribution in [2.45, 2.75) is 100 Å². The van der Waals surface area contributed by atoms with Crippen molar-refractivity contribution in [1.82, 2.24) is 14.9 Å². The zero-order chi connectivity index (χ0) is 45.4. The van der Waals surface area contributed by atoms with Crippen molar-refractivity contribution in [2.75, 3.05) is 30.9 Å². The molecule has 0 saturated carbocycles. The van der Waals surface area contributed by atoms with E-state index in [1.165, 1.54) is 29.9 Å². The normalized spacial score (nSPS) is 11.1. The molecule has 0 aliphatic heterocycles. The van der Waals surface area contributed by atoms with Crippen LogP contribution in [0.25, 0.3) is 32.9 Å². The molecule has 3 aromatic carbocycles. The minimum absolute atomic E-state index is 0.152. The van der Waals surface area contributed by atoms with Crippen LogP contribution in [0.3, 0.4) is 0 Å². The number of fused-ring (bicyclic) bond motifs is 2. The molecule has 5 rings (SSSR count). The topological polar surface area (TPSA) is 117 Å². The Morgan fingerprint density at radius 3 is 2.10 bits per heavy atom. The highest BCUT2D eigenvalue weighted by molar-refractivity contribution is 6.01. The molecule has 0 saturated heterocycles. The number of carboxylic acids is 1. The van der Waals surface area contributed by atoms with E-state index in [-0.39, 0.29) is 34.0 Å². The second kappa shape index (κ2) is 23.8. The number of carboxylic acid groups (broad SMARTS) is 1. The Kier molecular flexibility index (Phi) is 20.7. The average Bonchev–Trinajstić information content (AvgIpc) is 3.19. The average molecular weight is 830 g/mol. The Balaban J connectivity index is 0.00000160. The number of hydrogen-bond donors (Lipinski definition) is 3. The van der Waals surface area contributed by atoms with Crippen LogP contribution in [0.4, 0.5) is 33.3 Å². The summed E-state index contributed by atoms with van der Waals surface area (Å²) in [6.07, 6.45) is -0.133. The van der Waals surface area contributed by atoms with Crippen LogP contribution < -0.4 is 21.1 Å². The van der Waals surface area contributed by atoms with Crippen molar-refractivity contribution in [3.63, 3.8) is 0 Å². The van der Waals surface area contributed by atoms with Gasteiger partial charge in [0.25, 0.3) is 17.4 Å². The molecule has 14 heteroatoms. The first-order valence-electron chi connectivity index (χ1n) is 19.8. The van der Waals surface area contributed by atoms with Gasteiger partial charge in [-0.3, -0.25) is 14.6 Å². The molecule has 1 atom stereocenters. The van der Waals surface area contributed by atoms with Crippen molar-refractivity contribution in [1.29, 1.82) is 0 Å². The zero-order valence-electron chi connectivity index (χ0n) is 36.5. The molecular weight excluding hydrogens is 770 g/mol. The number of anilines is 2. The van der Waals surface area contributed by atoms with Crippen LogP contribution in [0.5, 0.6) is 0 Å². The molecular formula is C45H60F5N5O4. The summed E-state index contributed by atoms with van der Waals surface area (Å²) in [5, 5.41) is 16.2. The third-order valence-corrected chi connectivity index (χ3v) is 8.59. The lowest BCUT2D eigenvalue weighted by molar-refractivity contribution is -0.139. The number of alkyl halides is 4. The second-order valence-electron chi connectivity index (χ2n) is 12.9. The lowest BCUT2D eigenvalue weighted by Crippen LogP contribution is -2.43. The van der Waals surface area contributed by atoms with Gasteiger partial charge in [0.05, 0.1) is 22.2 Å². The number of pyridine rings is 2. The summed E-state index contributed by atoms with van der Waals surface area (Å²) in [5.74, 6) is -6.48. The Bertz CT molecular complexity index is 2190. The number of hydrogen-bond acceptors (Lipinski definition) is 6. The van der Waals surface area contributed by atoms with E-state index in [1.54, 1.807) is 68.4 Å². The molecule has 0 radical (unpaired) electrons. The largest absolute Gasteiger partial charge is 0.480 e. The van der Waals surface area contributed by atoms with Crippen LogP contribution in [0.2, 0.25) is 0 Å². The molecule has 0 aliphatic rings. The highest BCUT2D eigenvalue weighted by Crippen LogP contribution is 2.41. The highest BCUT2D eigenvalue weighted by atomic mass is 19.3. The van der Waals surface area contributed by atoms with Gasteiger partial charge in [-0.1, -0.05) is 66.7 Å². The molecule has 324 valence electrons. The van der Waals surface area contributed by atoms with Crippen molar-refractivity contribution in [2.24, 2.45) is 7.05 Å². The molecule has 0 aliphatic carbocycles. The van der Waals surface area contributed by atoms with Crippen LogP contribution in [-0.2, 0) is 24.2 Å². The van der Waals surface area contributed by atoms with Gasteiger partial charge in [0.1, 0.15) is 11.9 Å². The smallest absolute Gasteiger partial charge is 0.326 e. The summed E-state index contributed by atoms with van der Waals surface area (Å²) in [6.45, 7) is 17.7. The Morgan fingerprint density at radius 2 is 1.58 bits per heavy atom. The maximum Gasteiger partial charge on any atom is 0.326 e. The third-order valence-electron chi connectivity index (χ3n) is 8.59. The summed E-state index contributed by atoms with van der Waals surface area (Å²) in [4.78, 5) is 45.8. The molecule has 1 amide bonds. The van der Waals surface area contributed by atoms with Gasteiger partial charge in [-0.15, -0.1) is 0 Å². The van der Waals surface area contributed by atoms with E-state index < -0.39 is 47.2 Å². The van der Waals surface area contributed by atoms with Crippen LogP contribution in [0, 0.1) is 12.7 Å². The van der Waals surface area contributed by atoms with Crippen LogP contribution in [-0.4, -0.2) is 59.6 Å². The summed E-state index contributed by atoms with van der Waals surface area (Å²) < 4.78 is 68.3. The van der Waals surface area contributed by atoms with E-state index in [9.17, 15) is 28.3 Å². The number of rotatable bonds is 11. The van der Waals surface area contributed by atoms with Gasteiger partial charge < -0.3 is 25.2 Å². The Hall–Kier alpha value is -5.53. The Morgan fingerprint density at radius 1 is 0.966 bits per heavy atom. The number of carbonyl (C=O) groups is 2. The summed E-state index contributed by atoms with van der Waals surface area (Å²) in [6, 6.07) is 12.6. The van der Waals surface area contributed by atoms with E-state index in [0.29, 0.717) is 39.9 Å². The lowest BCUT2D eigenvalue weighted by Gasteiger charge is -2.23.